The summed E-state index contributed by atoms with van der Waals surface area (Å²) >= 11 is 0. The van der Waals surface area contributed by atoms with Crippen molar-refractivity contribution < 1.29 is 9.47 Å². The van der Waals surface area contributed by atoms with Gasteiger partial charge in [0.1, 0.15) is 0 Å². The van der Waals surface area contributed by atoms with E-state index in [1.165, 1.54) is 9.08 Å². The average Bonchev–Trinajstić information content (AvgIpc) is 2.68. The van der Waals surface area contributed by atoms with Gasteiger partial charge in [0.2, 0.25) is 0 Å². The van der Waals surface area contributed by atoms with Crippen molar-refractivity contribution in [1.82, 2.24) is 14.2 Å². The lowest BCUT2D eigenvalue weighted by molar-refractivity contribution is -0.145. The lowest BCUT2D eigenvalue weighted by Crippen LogP contribution is -2.30. The highest BCUT2D eigenvalue weighted by Gasteiger charge is 2.13. The predicted octanol–water partition coefficient (Wildman–Crippen LogP) is 0.895. The van der Waals surface area contributed by atoms with Crippen molar-refractivity contribution in [2.24, 2.45) is 0 Å². The molecule has 0 radical (unpaired) electrons. The van der Waals surface area contributed by atoms with Gasteiger partial charge in [0.25, 0.3) is 0 Å². The summed E-state index contributed by atoms with van der Waals surface area (Å²) in [5.41, 5.74) is 0.434. The van der Waals surface area contributed by atoms with E-state index in [1.54, 1.807) is 18.3 Å². The zero-order chi connectivity index (χ0) is 13.0. The first kappa shape index (κ1) is 12.8. The van der Waals surface area contributed by atoms with E-state index in [0.717, 1.165) is 0 Å². The van der Waals surface area contributed by atoms with E-state index in [0.29, 0.717) is 25.4 Å². The first-order valence-corrected chi connectivity index (χ1v) is 6.03. The summed E-state index contributed by atoms with van der Waals surface area (Å²) < 4.78 is 13.7. The van der Waals surface area contributed by atoms with Crippen LogP contribution >= 0.6 is 0 Å². The number of aromatic nitrogens is 3. The molecule has 0 N–H and O–H groups in total. The Bertz CT molecular complexity index is 555. The Morgan fingerprint density at radius 2 is 2.00 bits per heavy atom. The Morgan fingerprint density at radius 3 is 2.61 bits per heavy atom. The maximum atomic E-state index is 12.0. The summed E-state index contributed by atoms with van der Waals surface area (Å²) in [5.74, 6) is 0. The Kier molecular flexibility index (Phi) is 4.11. The molecule has 0 aromatic carbocycles. The van der Waals surface area contributed by atoms with Gasteiger partial charge in [-0.2, -0.15) is 0 Å². The minimum Gasteiger partial charge on any atom is -0.351 e. The van der Waals surface area contributed by atoms with Crippen molar-refractivity contribution >= 4 is 5.65 Å². The minimum atomic E-state index is -0.442. The van der Waals surface area contributed by atoms with Gasteiger partial charge in [0, 0.05) is 19.4 Å². The van der Waals surface area contributed by atoms with E-state index in [-0.39, 0.29) is 5.69 Å². The topological polar surface area (TPSA) is 57.8 Å². The van der Waals surface area contributed by atoms with Gasteiger partial charge in [-0.1, -0.05) is 6.07 Å². The van der Waals surface area contributed by atoms with E-state index in [9.17, 15) is 4.79 Å². The van der Waals surface area contributed by atoms with E-state index < -0.39 is 6.29 Å². The van der Waals surface area contributed by atoms with Gasteiger partial charge in [0.15, 0.2) is 11.9 Å². The van der Waals surface area contributed by atoms with Crippen molar-refractivity contribution in [3.8, 4) is 0 Å². The summed E-state index contributed by atoms with van der Waals surface area (Å²) in [7, 11) is 0. The zero-order valence-corrected chi connectivity index (χ0v) is 10.6. The summed E-state index contributed by atoms with van der Waals surface area (Å²) in [6.45, 7) is 5.14. The van der Waals surface area contributed by atoms with Crippen LogP contribution in [0.4, 0.5) is 0 Å². The molecule has 0 aliphatic heterocycles. The van der Waals surface area contributed by atoms with Gasteiger partial charge in [-0.25, -0.2) is 9.48 Å². The molecule has 2 rings (SSSR count). The Hall–Kier alpha value is -1.66. The van der Waals surface area contributed by atoms with Crippen molar-refractivity contribution in [3.05, 3.63) is 34.9 Å². The molecule has 2 aromatic heterocycles. The minimum absolute atomic E-state index is 0.185. The predicted molar refractivity (Wildman–Crippen MR) is 66.5 cm³/mol. The van der Waals surface area contributed by atoms with Crippen molar-refractivity contribution in [3.63, 3.8) is 0 Å². The molecule has 0 amide bonds. The maximum absolute atomic E-state index is 12.0. The first-order valence-electron chi connectivity index (χ1n) is 6.03. The van der Waals surface area contributed by atoms with Gasteiger partial charge in [0.05, 0.1) is 6.54 Å². The second-order valence-corrected chi connectivity index (χ2v) is 3.73. The van der Waals surface area contributed by atoms with Gasteiger partial charge >= 0.3 is 5.69 Å². The van der Waals surface area contributed by atoms with E-state index in [1.807, 2.05) is 19.9 Å². The quantitative estimate of drug-likeness (QED) is 0.716. The highest BCUT2D eigenvalue weighted by molar-refractivity contribution is 5.35. The smallest absolute Gasteiger partial charge is 0.350 e. The standard InChI is InChI=1S/C12H17N3O3/c1-3-17-11(18-4-2)9-15-12(16)14-8-6-5-7-10(14)13-15/h5-8,11H,3-4,9H2,1-2H3. The third-order valence-electron chi connectivity index (χ3n) is 2.52. The average molecular weight is 251 g/mol. The summed E-state index contributed by atoms with van der Waals surface area (Å²) in [5, 5.41) is 4.22. The second kappa shape index (κ2) is 5.79. The monoisotopic (exact) mass is 251 g/mol. The molecule has 6 heteroatoms. The number of hydrogen-bond acceptors (Lipinski definition) is 4. The normalized spacial score (nSPS) is 11.5. The molecule has 0 aliphatic carbocycles. The largest absolute Gasteiger partial charge is 0.351 e. The lowest BCUT2D eigenvalue weighted by Gasteiger charge is -2.15. The Balaban J connectivity index is 2.25. The Labute approximate surface area is 105 Å². The van der Waals surface area contributed by atoms with E-state index in [2.05, 4.69) is 5.10 Å². The molecule has 0 saturated carbocycles. The fraction of sp³-hybridized carbons (Fsp3) is 0.500. The SMILES string of the molecule is CCOC(Cn1nc2ccccn2c1=O)OCC. The summed E-state index contributed by atoms with van der Waals surface area (Å²) in [6.07, 6.45) is 1.25. The molecule has 0 aliphatic rings. The number of hydrogen-bond donors (Lipinski definition) is 0. The molecule has 2 aromatic rings. The molecule has 0 saturated heterocycles. The number of nitrogens with zero attached hydrogens (tertiary/aromatic N) is 3. The van der Waals surface area contributed by atoms with Crippen LogP contribution in [0.25, 0.3) is 5.65 Å². The third-order valence-corrected chi connectivity index (χ3v) is 2.52. The van der Waals surface area contributed by atoms with Crippen molar-refractivity contribution in [2.45, 2.75) is 26.7 Å². The first-order chi connectivity index (χ1) is 8.76. The van der Waals surface area contributed by atoms with E-state index >= 15 is 0 Å². The lowest BCUT2D eigenvalue weighted by atomic mass is 10.5. The van der Waals surface area contributed by atoms with Crippen molar-refractivity contribution in [1.29, 1.82) is 0 Å². The third kappa shape index (κ3) is 2.60. The van der Waals surface area contributed by atoms with Crippen LogP contribution < -0.4 is 5.69 Å². The molecular formula is C12H17N3O3. The van der Waals surface area contributed by atoms with Crippen LogP contribution in [0.3, 0.4) is 0 Å². The molecule has 18 heavy (non-hydrogen) atoms. The second-order valence-electron chi connectivity index (χ2n) is 3.73. The molecule has 0 atom stereocenters. The number of pyridine rings is 1. The highest BCUT2D eigenvalue weighted by Crippen LogP contribution is 2.00. The van der Waals surface area contributed by atoms with Crippen molar-refractivity contribution in [2.75, 3.05) is 13.2 Å². The van der Waals surface area contributed by atoms with Crippen LogP contribution in [0.15, 0.2) is 29.2 Å². The number of fused-ring (bicyclic) bond motifs is 1. The summed E-state index contributed by atoms with van der Waals surface area (Å²) in [4.78, 5) is 12.0. The Morgan fingerprint density at radius 1 is 1.28 bits per heavy atom. The maximum Gasteiger partial charge on any atom is 0.350 e. The number of ether oxygens (including phenoxy) is 2. The molecule has 0 fully saturated rings. The molecule has 6 nitrogen and oxygen atoms in total. The fourth-order valence-corrected chi connectivity index (χ4v) is 1.75. The van der Waals surface area contributed by atoms with Gasteiger partial charge in [-0.05, 0) is 26.0 Å². The van der Waals surface area contributed by atoms with Crippen LogP contribution in [-0.2, 0) is 16.0 Å². The van der Waals surface area contributed by atoms with Crippen LogP contribution in [0, 0.1) is 0 Å². The van der Waals surface area contributed by atoms with Gasteiger partial charge in [-0.3, -0.25) is 4.40 Å². The highest BCUT2D eigenvalue weighted by atomic mass is 16.7. The van der Waals surface area contributed by atoms with Crippen LogP contribution in [0.2, 0.25) is 0 Å². The fourth-order valence-electron chi connectivity index (χ4n) is 1.75. The number of rotatable bonds is 6. The van der Waals surface area contributed by atoms with Gasteiger partial charge < -0.3 is 9.47 Å². The molecule has 0 bridgehead atoms. The van der Waals surface area contributed by atoms with E-state index in [4.69, 9.17) is 9.47 Å². The van der Waals surface area contributed by atoms with Gasteiger partial charge in [-0.15, -0.1) is 5.10 Å². The molecular weight excluding hydrogens is 234 g/mol. The summed E-state index contributed by atoms with van der Waals surface area (Å²) in [6, 6.07) is 5.42. The molecule has 0 spiro atoms. The van der Waals surface area contributed by atoms with Crippen LogP contribution in [0.5, 0.6) is 0 Å². The molecule has 98 valence electrons. The zero-order valence-electron chi connectivity index (χ0n) is 10.6. The molecule has 0 unspecified atom stereocenters. The van der Waals surface area contributed by atoms with Crippen LogP contribution in [0.1, 0.15) is 13.8 Å². The molecule has 2 heterocycles. The van der Waals surface area contributed by atoms with Crippen LogP contribution in [-0.4, -0.2) is 33.7 Å².